The van der Waals surface area contributed by atoms with Crippen molar-refractivity contribution >= 4 is 0 Å². The predicted molar refractivity (Wildman–Crippen MR) is 90.5 cm³/mol. The largest absolute Gasteiger partial charge is 0.388 e. The molecule has 3 atom stereocenters. The topological polar surface area (TPSA) is 45.1 Å². The molecule has 0 aliphatic rings. The lowest BCUT2D eigenvalue weighted by atomic mass is 10.0. The molecule has 0 radical (unpaired) electrons. The summed E-state index contributed by atoms with van der Waals surface area (Å²) in [5.41, 5.74) is 1.77. The minimum absolute atomic E-state index is 0.119. The van der Waals surface area contributed by atoms with Crippen molar-refractivity contribution in [3.8, 4) is 0 Å². The first-order chi connectivity index (χ1) is 11.1. The van der Waals surface area contributed by atoms with Crippen LogP contribution in [0.15, 0.2) is 48.7 Å². The Balaban J connectivity index is 1.96. The average molecular weight is 316 g/mol. The van der Waals surface area contributed by atoms with Crippen LogP contribution in [0.3, 0.4) is 0 Å². The highest BCUT2D eigenvalue weighted by molar-refractivity contribution is 5.18. The fourth-order valence-corrected chi connectivity index (χ4v) is 2.75. The van der Waals surface area contributed by atoms with Crippen molar-refractivity contribution in [2.24, 2.45) is 0 Å². The predicted octanol–water partition coefficient (Wildman–Crippen LogP) is 4.16. The highest BCUT2D eigenvalue weighted by Gasteiger charge is 2.18. The smallest absolute Gasteiger partial charge is 0.123 e. The summed E-state index contributed by atoms with van der Waals surface area (Å²) in [5.74, 6) is -0.287. The lowest BCUT2D eigenvalue weighted by molar-refractivity contribution is 0.150. The van der Waals surface area contributed by atoms with E-state index in [2.05, 4.69) is 24.1 Å². The van der Waals surface area contributed by atoms with Gasteiger partial charge in [0.25, 0.3) is 0 Å². The molecule has 0 aliphatic carbocycles. The Morgan fingerprint density at radius 2 is 1.91 bits per heavy atom. The van der Waals surface area contributed by atoms with E-state index in [4.69, 9.17) is 0 Å². The molecule has 0 aliphatic heterocycles. The molecule has 0 amide bonds. The van der Waals surface area contributed by atoms with Crippen LogP contribution in [0, 0.1) is 5.82 Å². The van der Waals surface area contributed by atoms with Gasteiger partial charge in [0.2, 0.25) is 0 Å². The van der Waals surface area contributed by atoms with Gasteiger partial charge in [0, 0.05) is 18.3 Å². The van der Waals surface area contributed by atoms with Gasteiger partial charge in [0.1, 0.15) is 5.82 Å². The Morgan fingerprint density at radius 3 is 2.52 bits per heavy atom. The number of benzene rings is 1. The number of nitrogens with one attached hydrogen (secondary N) is 1. The Labute approximate surface area is 137 Å². The molecule has 0 saturated carbocycles. The first kappa shape index (κ1) is 17.6. The SMILES string of the molecule is CCCC(NC(C)CC(O)c1ccc(F)cc1)c1ccccn1. The lowest BCUT2D eigenvalue weighted by Crippen LogP contribution is -2.32. The normalized spacial score (nSPS) is 15.1. The van der Waals surface area contributed by atoms with Crippen LogP contribution in [-0.4, -0.2) is 16.1 Å². The molecule has 124 valence electrons. The van der Waals surface area contributed by atoms with E-state index < -0.39 is 6.10 Å². The second kappa shape index (κ2) is 8.75. The van der Waals surface area contributed by atoms with Gasteiger partial charge in [0.15, 0.2) is 0 Å². The van der Waals surface area contributed by atoms with Gasteiger partial charge in [-0.2, -0.15) is 0 Å². The van der Waals surface area contributed by atoms with Crippen LogP contribution < -0.4 is 5.32 Å². The number of hydrogen-bond donors (Lipinski definition) is 2. The summed E-state index contributed by atoms with van der Waals surface area (Å²) >= 11 is 0. The number of halogens is 1. The van der Waals surface area contributed by atoms with Crippen LogP contribution in [0.25, 0.3) is 0 Å². The van der Waals surface area contributed by atoms with E-state index in [9.17, 15) is 9.50 Å². The summed E-state index contributed by atoms with van der Waals surface area (Å²) in [5, 5.41) is 13.9. The molecule has 1 aromatic carbocycles. The van der Waals surface area contributed by atoms with Gasteiger partial charge < -0.3 is 10.4 Å². The molecule has 2 rings (SSSR count). The number of rotatable bonds is 8. The van der Waals surface area contributed by atoms with Crippen molar-refractivity contribution in [2.75, 3.05) is 0 Å². The van der Waals surface area contributed by atoms with E-state index in [1.165, 1.54) is 12.1 Å². The second-order valence-corrected chi connectivity index (χ2v) is 5.97. The van der Waals surface area contributed by atoms with Gasteiger partial charge in [-0.15, -0.1) is 0 Å². The molecule has 0 fully saturated rings. The van der Waals surface area contributed by atoms with E-state index in [-0.39, 0.29) is 17.9 Å². The molecule has 1 heterocycles. The van der Waals surface area contributed by atoms with E-state index in [0.29, 0.717) is 6.42 Å². The highest BCUT2D eigenvalue weighted by atomic mass is 19.1. The van der Waals surface area contributed by atoms with Crippen molar-refractivity contribution in [1.29, 1.82) is 0 Å². The molecule has 23 heavy (non-hydrogen) atoms. The maximum Gasteiger partial charge on any atom is 0.123 e. The van der Waals surface area contributed by atoms with Gasteiger partial charge >= 0.3 is 0 Å². The Hall–Kier alpha value is -1.78. The molecule has 3 nitrogen and oxygen atoms in total. The van der Waals surface area contributed by atoms with E-state index in [1.807, 2.05) is 18.2 Å². The summed E-state index contributed by atoms with van der Waals surface area (Å²) in [4.78, 5) is 4.43. The minimum atomic E-state index is -0.607. The van der Waals surface area contributed by atoms with Crippen molar-refractivity contribution in [3.63, 3.8) is 0 Å². The Kier molecular flexibility index (Phi) is 6.68. The van der Waals surface area contributed by atoms with Crippen LogP contribution in [0.1, 0.15) is 56.5 Å². The summed E-state index contributed by atoms with van der Waals surface area (Å²) in [7, 11) is 0. The van der Waals surface area contributed by atoms with Gasteiger partial charge in [0.05, 0.1) is 11.8 Å². The van der Waals surface area contributed by atoms with E-state index >= 15 is 0 Å². The third-order valence-electron chi connectivity index (χ3n) is 3.94. The summed E-state index contributed by atoms with van der Waals surface area (Å²) in [6, 6.07) is 12.2. The number of aliphatic hydroxyl groups excluding tert-OH is 1. The first-order valence-electron chi connectivity index (χ1n) is 8.20. The zero-order valence-corrected chi connectivity index (χ0v) is 13.7. The lowest BCUT2D eigenvalue weighted by Gasteiger charge is -2.24. The molecular weight excluding hydrogens is 291 g/mol. The van der Waals surface area contributed by atoms with Gasteiger partial charge in [-0.1, -0.05) is 31.5 Å². The fraction of sp³-hybridized carbons (Fsp3) is 0.421. The zero-order valence-electron chi connectivity index (χ0n) is 13.7. The molecule has 2 aromatic rings. The van der Waals surface area contributed by atoms with Crippen LogP contribution in [0.4, 0.5) is 4.39 Å². The summed E-state index contributed by atoms with van der Waals surface area (Å²) in [6.07, 6.45) is 3.82. The monoisotopic (exact) mass is 316 g/mol. The standard InChI is InChI=1S/C19H25FN2O/c1-3-6-18(17-7-4-5-12-21-17)22-14(2)13-19(23)15-8-10-16(20)11-9-15/h4-5,7-12,14,18-19,22-23H,3,6,13H2,1-2H3. The molecule has 4 heteroatoms. The van der Waals surface area contributed by atoms with Gasteiger partial charge in [-0.05, 0) is 49.6 Å². The molecule has 0 saturated heterocycles. The number of pyridine rings is 1. The zero-order chi connectivity index (χ0) is 16.7. The van der Waals surface area contributed by atoms with Crippen LogP contribution in [-0.2, 0) is 0 Å². The molecular formula is C19H25FN2O. The van der Waals surface area contributed by atoms with Crippen molar-refractivity contribution < 1.29 is 9.50 Å². The first-order valence-corrected chi connectivity index (χ1v) is 8.20. The number of aliphatic hydroxyl groups is 1. The third kappa shape index (κ3) is 5.41. The summed E-state index contributed by atoms with van der Waals surface area (Å²) in [6.45, 7) is 4.20. The Bertz CT molecular complexity index is 574. The maximum absolute atomic E-state index is 13.0. The van der Waals surface area contributed by atoms with Crippen LogP contribution in [0.2, 0.25) is 0 Å². The average Bonchev–Trinajstić information content (AvgIpc) is 2.55. The van der Waals surface area contributed by atoms with Crippen LogP contribution in [0.5, 0.6) is 0 Å². The van der Waals surface area contributed by atoms with Crippen LogP contribution >= 0.6 is 0 Å². The maximum atomic E-state index is 13.0. The summed E-state index contributed by atoms with van der Waals surface area (Å²) < 4.78 is 13.0. The molecule has 3 unspecified atom stereocenters. The number of aromatic nitrogens is 1. The highest BCUT2D eigenvalue weighted by Crippen LogP contribution is 2.22. The second-order valence-electron chi connectivity index (χ2n) is 5.97. The number of hydrogen-bond acceptors (Lipinski definition) is 3. The number of nitrogens with zero attached hydrogens (tertiary/aromatic N) is 1. The molecule has 2 N–H and O–H groups in total. The molecule has 1 aromatic heterocycles. The minimum Gasteiger partial charge on any atom is -0.388 e. The van der Waals surface area contributed by atoms with Gasteiger partial charge in [-0.3, -0.25) is 4.98 Å². The van der Waals surface area contributed by atoms with Crippen molar-refractivity contribution in [3.05, 3.63) is 65.7 Å². The quantitative estimate of drug-likeness (QED) is 0.768. The third-order valence-corrected chi connectivity index (χ3v) is 3.94. The van der Waals surface area contributed by atoms with Crippen molar-refractivity contribution in [2.45, 2.75) is 51.3 Å². The van der Waals surface area contributed by atoms with Crippen molar-refractivity contribution in [1.82, 2.24) is 10.3 Å². The van der Waals surface area contributed by atoms with Gasteiger partial charge in [-0.25, -0.2) is 4.39 Å². The van der Waals surface area contributed by atoms with E-state index in [1.54, 1.807) is 18.3 Å². The molecule has 0 spiro atoms. The molecule has 0 bridgehead atoms. The Morgan fingerprint density at radius 1 is 1.17 bits per heavy atom. The fourth-order valence-electron chi connectivity index (χ4n) is 2.75. The van der Waals surface area contributed by atoms with E-state index in [0.717, 1.165) is 24.1 Å².